The van der Waals surface area contributed by atoms with Gasteiger partial charge in [-0.25, -0.2) is 0 Å². The number of methoxy groups -OCH3 is 3. The van der Waals surface area contributed by atoms with Crippen LogP contribution in [0.4, 0.5) is 13.2 Å². The van der Waals surface area contributed by atoms with E-state index in [0.29, 0.717) is 0 Å². The zero-order chi connectivity index (χ0) is 16.2. The van der Waals surface area contributed by atoms with E-state index in [0.717, 1.165) is 0 Å². The Hall–Kier alpha value is -1.38. The van der Waals surface area contributed by atoms with Gasteiger partial charge in [0.25, 0.3) is 0 Å². The minimum absolute atomic E-state index is 0. The maximum atomic E-state index is 12.4. The Morgan fingerprint density at radius 3 is 1.86 bits per heavy atom. The lowest BCUT2D eigenvalue weighted by molar-refractivity contribution is -0.153. The van der Waals surface area contributed by atoms with Crippen LogP contribution in [0.25, 0.3) is 0 Å². The van der Waals surface area contributed by atoms with Crippen LogP contribution >= 0.6 is 12.4 Å². The summed E-state index contributed by atoms with van der Waals surface area (Å²) in [5.74, 6) is 0.772. The summed E-state index contributed by atoms with van der Waals surface area (Å²) in [4.78, 5) is 0. The van der Waals surface area contributed by atoms with Gasteiger partial charge in [0, 0.05) is 6.42 Å². The molecule has 0 unspecified atom stereocenters. The average Bonchev–Trinajstić information content (AvgIpc) is 2.44. The minimum Gasteiger partial charge on any atom is -0.493 e. The van der Waals surface area contributed by atoms with Crippen molar-refractivity contribution in [3.8, 4) is 17.2 Å². The van der Waals surface area contributed by atoms with Crippen molar-refractivity contribution >= 4 is 12.4 Å². The molecule has 1 aromatic carbocycles. The van der Waals surface area contributed by atoms with E-state index in [1.54, 1.807) is 0 Å². The highest BCUT2D eigenvalue weighted by Gasteiger charge is 2.38. The number of aliphatic hydroxyl groups is 1. The first kappa shape index (κ1) is 20.6. The van der Waals surface area contributed by atoms with Gasteiger partial charge in [0.2, 0.25) is 5.75 Å². The van der Waals surface area contributed by atoms with Crippen LogP contribution in [0.15, 0.2) is 12.1 Å². The van der Waals surface area contributed by atoms with E-state index in [2.05, 4.69) is 0 Å². The predicted octanol–water partition coefficient (Wildman–Crippen LogP) is 2.45. The highest BCUT2D eigenvalue weighted by molar-refractivity contribution is 5.85. The first-order valence-electron chi connectivity index (χ1n) is 6.04. The van der Waals surface area contributed by atoms with Crippen LogP contribution in [0.1, 0.15) is 18.1 Å². The number of ether oxygens (including phenoxy) is 3. The fraction of sp³-hybridized carbons (Fsp3) is 0.538. The van der Waals surface area contributed by atoms with Crippen molar-refractivity contribution in [2.24, 2.45) is 5.73 Å². The summed E-state index contributed by atoms with van der Waals surface area (Å²) in [6.45, 7) is 0. The third-order valence-corrected chi connectivity index (χ3v) is 2.97. The number of benzene rings is 1. The second-order valence-electron chi connectivity index (χ2n) is 4.36. The second-order valence-corrected chi connectivity index (χ2v) is 4.36. The maximum Gasteiger partial charge on any atom is 0.403 e. The molecule has 0 amide bonds. The summed E-state index contributed by atoms with van der Waals surface area (Å²) in [6, 6.07) is 0.649. The highest BCUT2D eigenvalue weighted by atomic mass is 35.5. The summed E-state index contributed by atoms with van der Waals surface area (Å²) in [7, 11) is 4.14. The van der Waals surface area contributed by atoms with E-state index in [1.807, 2.05) is 0 Å². The molecular formula is C13H19ClF3NO4. The van der Waals surface area contributed by atoms with Crippen molar-refractivity contribution in [1.82, 2.24) is 0 Å². The topological polar surface area (TPSA) is 73.9 Å². The molecule has 1 aromatic rings. The number of hydrogen-bond acceptors (Lipinski definition) is 5. The molecule has 0 aliphatic heterocycles. The number of hydrogen-bond donors (Lipinski definition) is 2. The summed E-state index contributed by atoms with van der Waals surface area (Å²) >= 11 is 0. The molecule has 0 aliphatic carbocycles. The molecule has 0 spiro atoms. The van der Waals surface area contributed by atoms with Crippen LogP contribution in [-0.4, -0.2) is 38.7 Å². The average molecular weight is 346 g/mol. The highest BCUT2D eigenvalue weighted by Crippen LogP contribution is 2.40. The molecule has 0 saturated carbocycles. The van der Waals surface area contributed by atoms with E-state index in [1.165, 1.54) is 33.5 Å². The first-order chi connectivity index (χ1) is 9.74. The third kappa shape index (κ3) is 4.82. The Morgan fingerprint density at radius 1 is 1.09 bits per heavy atom. The van der Waals surface area contributed by atoms with Gasteiger partial charge in [-0.3, -0.25) is 0 Å². The molecule has 0 aliphatic rings. The van der Waals surface area contributed by atoms with Gasteiger partial charge < -0.3 is 25.1 Å². The summed E-state index contributed by atoms with van der Waals surface area (Å²) in [5.41, 5.74) is 5.21. The van der Waals surface area contributed by atoms with Gasteiger partial charge in [-0.2, -0.15) is 13.2 Å². The molecular weight excluding hydrogens is 327 g/mol. The molecule has 5 nitrogen and oxygen atoms in total. The van der Waals surface area contributed by atoms with Crippen LogP contribution in [-0.2, 0) is 0 Å². The first-order valence-corrected chi connectivity index (χ1v) is 6.04. The fourth-order valence-electron chi connectivity index (χ4n) is 1.80. The molecule has 0 radical (unpaired) electrons. The van der Waals surface area contributed by atoms with E-state index in [9.17, 15) is 18.3 Å². The molecule has 0 heterocycles. The normalized spacial score (nSPS) is 13.8. The largest absolute Gasteiger partial charge is 0.493 e. The molecule has 22 heavy (non-hydrogen) atoms. The molecule has 0 aromatic heterocycles. The van der Waals surface area contributed by atoms with E-state index >= 15 is 0 Å². The molecule has 2 atom stereocenters. The van der Waals surface area contributed by atoms with Crippen molar-refractivity contribution in [3.63, 3.8) is 0 Å². The SMILES string of the molecule is COc1cc([C@H](O)C[C@@H](N)C(F)(F)F)cc(OC)c1OC.Cl. The van der Waals surface area contributed by atoms with Gasteiger partial charge in [0.15, 0.2) is 11.5 Å². The van der Waals surface area contributed by atoms with Gasteiger partial charge in [0.1, 0.15) is 6.04 Å². The fourth-order valence-corrected chi connectivity index (χ4v) is 1.80. The number of halogens is 4. The Labute approximate surface area is 132 Å². The molecule has 0 saturated heterocycles. The zero-order valence-electron chi connectivity index (χ0n) is 12.3. The van der Waals surface area contributed by atoms with Gasteiger partial charge in [-0.15, -0.1) is 12.4 Å². The molecule has 3 N–H and O–H groups in total. The number of alkyl halides is 3. The summed E-state index contributed by atoms with van der Waals surface area (Å²) in [5, 5.41) is 9.93. The molecule has 128 valence electrons. The number of aliphatic hydroxyl groups excluding tert-OH is 1. The van der Waals surface area contributed by atoms with Crippen LogP contribution in [0, 0.1) is 0 Å². The van der Waals surface area contributed by atoms with Crippen LogP contribution in [0.2, 0.25) is 0 Å². The van der Waals surface area contributed by atoms with Gasteiger partial charge >= 0.3 is 6.18 Å². The van der Waals surface area contributed by atoms with Crippen LogP contribution in [0.3, 0.4) is 0 Å². The van der Waals surface area contributed by atoms with Crippen molar-refractivity contribution < 1.29 is 32.5 Å². The minimum atomic E-state index is -4.57. The van der Waals surface area contributed by atoms with Crippen molar-refractivity contribution in [1.29, 1.82) is 0 Å². The quantitative estimate of drug-likeness (QED) is 0.828. The lowest BCUT2D eigenvalue weighted by Gasteiger charge is -2.21. The lowest BCUT2D eigenvalue weighted by Crippen LogP contribution is -2.38. The van der Waals surface area contributed by atoms with Crippen molar-refractivity contribution in [2.75, 3.05) is 21.3 Å². The monoisotopic (exact) mass is 345 g/mol. The molecule has 9 heteroatoms. The second kappa shape index (κ2) is 8.30. The zero-order valence-corrected chi connectivity index (χ0v) is 13.1. The lowest BCUT2D eigenvalue weighted by atomic mass is 10.0. The molecule has 0 fully saturated rings. The summed E-state index contributed by atoms with van der Waals surface area (Å²) in [6.07, 6.45) is -6.64. The Morgan fingerprint density at radius 2 is 1.55 bits per heavy atom. The number of rotatable bonds is 6. The van der Waals surface area contributed by atoms with E-state index < -0.39 is 24.7 Å². The Kier molecular flexibility index (Phi) is 7.78. The maximum absolute atomic E-state index is 12.4. The Balaban J connectivity index is 0.00000441. The van der Waals surface area contributed by atoms with Gasteiger partial charge in [-0.1, -0.05) is 0 Å². The smallest absolute Gasteiger partial charge is 0.403 e. The van der Waals surface area contributed by atoms with Crippen molar-refractivity contribution in [3.05, 3.63) is 17.7 Å². The predicted molar refractivity (Wildman–Crippen MR) is 77.0 cm³/mol. The van der Waals surface area contributed by atoms with E-state index in [4.69, 9.17) is 19.9 Å². The molecule has 1 rings (SSSR count). The van der Waals surface area contributed by atoms with Gasteiger partial charge in [-0.05, 0) is 17.7 Å². The van der Waals surface area contributed by atoms with Gasteiger partial charge in [0.05, 0.1) is 27.4 Å². The Bertz CT molecular complexity index is 460. The van der Waals surface area contributed by atoms with Crippen molar-refractivity contribution in [2.45, 2.75) is 24.7 Å². The van der Waals surface area contributed by atoms with Crippen LogP contribution < -0.4 is 19.9 Å². The van der Waals surface area contributed by atoms with E-state index in [-0.39, 0.29) is 35.2 Å². The standard InChI is InChI=1S/C13H18F3NO4.ClH/c1-19-9-4-7(5-10(20-2)12(9)21-3)8(18)6-11(17)13(14,15)16;/h4-5,8,11,18H,6,17H2,1-3H3;1H/t8-,11-;/m1./s1. The summed E-state index contributed by atoms with van der Waals surface area (Å²) < 4.78 is 52.5. The number of nitrogens with two attached hydrogens (primary N) is 1. The third-order valence-electron chi connectivity index (χ3n) is 2.97. The molecule has 0 bridgehead atoms. The van der Waals surface area contributed by atoms with Crippen LogP contribution in [0.5, 0.6) is 17.2 Å².